The van der Waals surface area contributed by atoms with Gasteiger partial charge in [-0.2, -0.15) is 0 Å². The maximum absolute atomic E-state index is 13.0. The molecule has 0 N–H and O–H groups in total. The minimum atomic E-state index is -0.219. The van der Waals surface area contributed by atoms with E-state index in [1.807, 2.05) is 19.1 Å². The smallest absolute Gasteiger partial charge is 0.163 e. The molecule has 5 nitrogen and oxygen atoms in total. The first kappa shape index (κ1) is 19.5. The second-order valence-electron chi connectivity index (χ2n) is 7.45. The zero-order valence-corrected chi connectivity index (χ0v) is 16.8. The molecular formula is C23H25FN4O. The van der Waals surface area contributed by atoms with E-state index in [9.17, 15) is 4.39 Å². The third-order valence-electron chi connectivity index (χ3n) is 5.42. The molecule has 4 rings (SSSR count). The Bertz CT molecular complexity index is 955. The minimum Gasteiger partial charge on any atom is -0.373 e. The fraction of sp³-hybridized carbons (Fsp3) is 0.348. The van der Waals surface area contributed by atoms with Gasteiger partial charge in [0.05, 0.1) is 12.7 Å². The van der Waals surface area contributed by atoms with Gasteiger partial charge >= 0.3 is 0 Å². The van der Waals surface area contributed by atoms with Gasteiger partial charge in [-0.05, 0) is 56.5 Å². The Balaban J connectivity index is 1.41. The highest BCUT2D eigenvalue weighted by Gasteiger charge is 2.23. The molecule has 1 aliphatic heterocycles. The second-order valence-corrected chi connectivity index (χ2v) is 7.45. The van der Waals surface area contributed by atoms with Gasteiger partial charge in [-0.15, -0.1) is 0 Å². The third kappa shape index (κ3) is 4.59. The van der Waals surface area contributed by atoms with Crippen LogP contribution in [0.2, 0.25) is 0 Å². The van der Waals surface area contributed by atoms with Crippen LogP contribution < -0.4 is 4.90 Å². The lowest BCUT2D eigenvalue weighted by Gasteiger charge is -2.34. The van der Waals surface area contributed by atoms with Crippen LogP contribution in [0, 0.1) is 19.7 Å². The summed E-state index contributed by atoms with van der Waals surface area (Å²) in [4.78, 5) is 16.0. The van der Waals surface area contributed by atoms with Gasteiger partial charge in [-0.1, -0.05) is 12.1 Å². The third-order valence-corrected chi connectivity index (χ3v) is 5.42. The number of hydrogen-bond acceptors (Lipinski definition) is 5. The number of nitrogens with zero attached hydrogens (tertiary/aromatic N) is 4. The number of piperidine rings is 1. The molecule has 0 atom stereocenters. The summed E-state index contributed by atoms with van der Waals surface area (Å²) in [6.45, 7) is 6.39. The van der Waals surface area contributed by atoms with Crippen LogP contribution in [-0.2, 0) is 11.3 Å². The van der Waals surface area contributed by atoms with E-state index in [0.29, 0.717) is 12.4 Å². The molecule has 0 aliphatic carbocycles. The SMILES string of the molecule is Cc1nc(-c2cccnc2)nc(N2CCC(OCc3ccc(F)cc3)CC2)c1C. The topological polar surface area (TPSA) is 51.1 Å². The molecule has 0 radical (unpaired) electrons. The van der Waals surface area contributed by atoms with E-state index in [4.69, 9.17) is 9.72 Å². The highest BCUT2D eigenvalue weighted by molar-refractivity contribution is 5.59. The van der Waals surface area contributed by atoms with Crippen LogP contribution >= 0.6 is 0 Å². The summed E-state index contributed by atoms with van der Waals surface area (Å²) in [5, 5.41) is 0. The van der Waals surface area contributed by atoms with E-state index < -0.39 is 0 Å². The number of ether oxygens (including phenoxy) is 1. The van der Waals surface area contributed by atoms with Gasteiger partial charge in [-0.3, -0.25) is 4.98 Å². The molecule has 1 aliphatic rings. The highest BCUT2D eigenvalue weighted by Crippen LogP contribution is 2.27. The molecule has 3 heterocycles. The summed E-state index contributed by atoms with van der Waals surface area (Å²) in [6, 6.07) is 10.4. The Labute approximate surface area is 170 Å². The van der Waals surface area contributed by atoms with E-state index in [-0.39, 0.29) is 11.9 Å². The van der Waals surface area contributed by atoms with Crippen molar-refractivity contribution in [3.63, 3.8) is 0 Å². The summed E-state index contributed by atoms with van der Waals surface area (Å²) in [7, 11) is 0. The van der Waals surface area contributed by atoms with Gasteiger partial charge < -0.3 is 9.64 Å². The van der Waals surface area contributed by atoms with Crippen LogP contribution in [0.4, 0.5) is 10.2 Å². The maximum Gasteiger partial charge on any atom is 0.163 e. The largest absolute Gasteiger partial charge is 0.373 e. The number of halogens is 1. The van der Waals surface area contributed by atoms with Crippen molar-refractivity contribution in [3.8, 4) is 11.4 Å². The van der Waals surface area contributed by atoms with Crippen molar-refractivity contribution in [2.75, 3.05) is 18.0 Å². The molecule has 1 aromatic carbocycles. The number of pyridine rings is 1. The molecule has 0 unspecified atom stereocenters. The molecule has 150 valence electrons. The van der Waals surface area contributed by atoms with Gasteiger partial charge in [0.15, 0.2) is 5.82 Å². The molecule has 0 bridgehead atoms. The molecule has 0 amide bonds. The van der Waals surface area contributed by atoms with Crippen LogP contribution in [0.1, 0.15) is 29.7 Å². The average Bonchev–Trinajstić information content (AvgIpc) is 2.76. The first-order valence-electron chi connectivity index (χ1n) is 9.97. The van der Waals surface area contributed by atoms with Gasteiger partial charge in [0.25, 0.3) is 0 Å². The molecule has 0 saturated carbocycles. The van der Waals surface area contributed by atoms with Gasteiger partial charge in [-0.25, -0.2) is 14.4 Å². The maximum atomic E-state index is 13.0. The van der Waals surface area contributed by atoms with Crippen molar-refractivity contribution >= 4 is 5.82 Å². The first-order valence-corrected chi connectivity index (χ1v) is 9.97. The van der Waals surface area contributed by atoms with Crippen molar-refractivity contribution in [2.24, 2.45) is 0 Å². The highest BCUT2D eigenvalue weighted by atomic mass is 19.1. The predicted octanol–water partition coefficient (Wildman–Crippen LogP) is 4.48. The van der Waals surface area contributed by atoms with Crippen LogP contribution in [0.3, 0.4) is 0 Å². The van der Waals surface area contributed by atoms with Gasteiger partial charge in [0, 0.05) is 42.3 Å². The van der Waals surface area contributed by atoms with Crippen molar-refractivity contribution < 1.29 is 9.13 Å². The van der Waals surface area contributed by atoms with Crippen LogP contribution in [-0.4, -0.2) is 34.1 Å². The molecule has 29 heavy (non-hydrogen) atoms. The van der Waals surface area contributed by atoms with Gasteiger partial charge in [0.2, 0.25) is 0 Å². The number of aromatic nitrogens is 3. The number of rotatable bonds is 5. The van der Waals surface area contributed by atoms with E-state index in [1.54, 1.807) is 24.5 Å². The summed E-state index contributed by atoms with van der Waals surface area (Å²) in [6.07, 6.45) is 5.63. The van der Waals surface area contributed by atoms with Gasteiger partial charge in [0.1, 0.15) is 11.6 Å². The summed E-state index contributed by atoms with van der Waals surface area (Å²) >= 11 is 0. The number of anilines is 1. The zero-order valence-electron chi connectivity index (χ0n) is 16.8. The Morgan fingerprint density at radius 3 is 2.52 bits per heavy atom. The van der Waals surface area contributed by atoms with E-state index >= 15 is 0 Å². The number of hydrogen-bond donors (Lipinski definition) is 0. The van der Waals surface area contributed by atoms with E-state index in [0.717, 1.165) is 54.1 Å². The van der Waals surface area contributed by atoms with Crippen LogP contribution in [0.15, 0.2) is 48.8 Å². The second kappa shape index (κ2) is 8.66. The molecular weight excluding hydrogens is 367 g/mol. The van der Waals surface area contributed by atoms with E-state index in [1.165, 1.54) is 12.1 Å². The van der Waals surface area contributed by atoms with Crippen LogP contribution in [0.25, 0.3) is 11.4 Å². The quantitative estimate of drug-likeness (QED) is 0.641. The molecule has 0 spiro atoms. The van der Waals surface area contributed by atoms with Crippen molar-refractivity contribution in [1.29, 1.82) is 0 Å². The molecule has 1 fully saturated rings. The molecule has 3 aromatic rings. The summed E-state index contributed by atoms with van der Waals surface area (Å²) < 4.78 is 19.1. The Morgan fingerprint density at radius 2 is 1.83 bits per heavy atom. The van der Waals surface area contributed by atoms with Crippen LogP contribution in [0.5, 0.6) is 0 Å². The lowest BCUT2D eigenvalue weighted by Crippen LogP contribution is -2.38. The Hall–Kier alpha value is -2.86. The van der Waals surface area contributed by atoms with Crippen molar-refractivity contribution in [1.82, 2.24) is 15.0 Å². The lowest BCUT2D eigenvalue weighted by molar-refractivity contribution is 0.0250. The monoisotopic (exact) mass is 392 g/mol. The Morgan fingerprint density at radius 1 is 1.07 bits per heavy atom. The number of aryl methyl sites for hydroxylation is 1. The standard InChI is InChI=1S/C23H25FN4O/c1-16-17(2)26-22(19-4-3-11-25-14-19)27-23(16)28-12-9-21(10-13-28)29-15-18-5-7-20(24)8-6-18/h3-8,11,14,21H,9-10,12-13,15H2,1-2H3. The molecule has 1 saturated heterocycles. The minimum absolute atomic E-state index is 0.206. The number of benzene rings is 1. The molecule has 6 heteroatoms. The van der Waals surface area contributed by atoms with Crippen molar-refractivity contribution in [3.05, 3.63) is 71.4 Å². The predicted molar refractivity (Wildman–Crippen MR) is 111 cm³/mol. The first-order chi connectivity index (χ1) is 14.1. The molecule has 2 aromatic heterocycles. The normalized spacial score (nSPS) is 14.9. The summed E-state index contributed by atoms with van der Waals surface area (Å²) in [5.41, 5.74) is 4.03. The van der Waals surface area contributed by atoms with Crippen molar-refractivity contribution in [2.45, 2.75) is 39.4 Å². The average molecular weight is 392 g/mol. The lowest BCUT2D eigenvalue weighted by atomic mass is 10.1. The van der Waals surface area contributed by atoms with E-state index in [2.05, 4.69) is 21.8 Å². The fourth-order valence-electron chi connectivity index (χ4n) is 3.57. The summed E-state index contributed by atoms with van der Waals surface area (Å²) in [5.74, 6) is 1.49. The Kier molecular flexibility index (Phi) is 5.81. The zero-order chi connectivity index (χ0) is 20.2. The fourth-order valence-corrected chi connectivity index (χ4v) is 3.57.